The molecule has 3 aromatic carbocycles. The van der Waals surface area contributed by atoms with Gasteiger partial charge in [0, 0.05) is 11.1 Å². The number of fused-ring (bicyclic) bond motifs is 3. The van der Waals surface area contributed by atoms with Crippen LogP contribution in [0.25, 0.3) is 38.8 Å². The van der Waals surface area contributed by atoms with Gasteiger partial charge in [-0.05, 0) is 73.9 Å². The predicted octanol–water partition coefficient (Wildman–Crippen LogP) is 6.36. The van der Waals surface area contributed by atoms with Crippen LogP contribution in [0.5, 0.6) is 5.75 Å². The van der Waals surface area contributed by atoms with Crippen LogP contribution in [0.15, 0.2) is 72.9 Å². The van der Waals surface area contributed by atoms with Crippen molar-refractivity contribution in [2.75, 3.05) is 7.11 Å². The lowest BCUT2D eigenvalue weighted by Crippen LogP contribution is -2.13. The molecular formula is C28H24N4O. The summed E-state index contributed by atoms with van der Waals surface area (Å²) in [6.45, 7) is 5.87. The van der Waals surface area contributed by atoms with E-state index in [1.807, 2.05) is 51.2 Å². The number of benzene rings is 3. The second-order valence-electron chi connectivity index (χ2n) is 8.73. The minimum Gasteiger partial charge on any atom is -0.497 e. The van der Waals surface area contributed by atoms with Crippen LogP contribution in [0, 0.1) is 18.3 Å². The second-order valence-corrected chi connectivity index (χ2v) is 8.73. The lowest BCUT2D eigenvalue weighted by molar-refractivity contribution is 0.415. The first-order valence-electron chi connectivity index (χ1n) is 10.9. The third-order valence-corrected chi connectivity index (χ3v) is 6.20. The number of ether oxygens (including phenoxy) is 1. The third-order valence-electron chi connectivity index (χ3n) is 6.20. The highest BCUT2D eigenvalue weighted by Gasteiger charge is 2.20. The smallest absolute Gasteiger partial charge is 0.118 e. The fourth-order valence-electron chi connectivity index (χ4n) is 4.24. The molecule has 0 saturated carbocycles. The monoisotopic (exact) mass is 432 g/mol. The maximum atomic E-state index is 9.47. The highest BCUT2D eigenvalue weighted by Crippen LogP contribution is 2.32. The fraction of sp³-hybridized carbons (Fsp3) is 0.179. The van der Waals surface area contributed by atoms with Crippen molar-refractivity contribution in [3.05, 3.63) is 84.3 Å². The highest BCUT2D eigenvalue weighted by atomic mass is 16.5. The average molecular weight is 433 g/mol. The molecule has 162 valence electrons. The van der Waals surface area contributed by atoms with Gasteiger partial charge >= 0.3 is 0 Å². The molecular weight excluding hydrogens is 408 g/mol. The summed E-state index contributed by atoms with van der Waals surface area (Å²) in [5.41, 5.74) is 6.49. The van der Waals surface area contributed by atoms with Crippen LogP contribution in [0.1, 0.15) is 25.2 Å². The van der Waals surface area contributed by atoms with Crippen LogP contribution in [-0.4, -0.2) is 21.6 Å². The number of rotatable bonds is 4. The molecule has 0 fully saturated rings. The van der Waals surface area contributed by atoms with Crippen LogP contribution in [-0.2, 0) is 5.41 Å². The van der Waals surface area contributed by atoms with E-state index < -0.39 is 5.41 Å². The van der Waals surface area contributed by atoms with Crippen molar-refractivity contribution in [1.29, 1.82) is 5.26 Å². The number of aryl methyl sites for hydroxylation is 1. The Kier molecular flexibility index (Phi) is 4.87. The Morgan fingerprint density at radius 3 is 2.27 bits per heavy atom. The number of methoxy groups -OCH3 is 1. The van der Waals surface area contributed by atoms with Crippen molar-refractivity contribution in [2.45, 2.75) is 26.2 Å². The first-order chi connectivity index (χ1) is 15.9. The van der Waals surface area contributed by atoms with Crippen LogP contribution < -0.4 is 4.74 Å². The molecule has 33 heavy (non-hydrogen) atoms. The lowest BCUT2D eigenvalue weighted by Gasteiger charge is -2.17. The Balaban J connectivity index is 1.70. The van der Waals surface area contributed by atoms with Gasteiger partial charge in [-0.3, -0.25) is 9.55 Å². The Bertz CT molecular complexity index is 1520. The quantitative estimate of drug-likeness (QED) is 0.331. The van der Waals surface area contributed by atoms with E-state index >= 15 is 0 Å². The maximum absolute atomic E-state index is 9.47. The van der Waals surface area contributed by atoms with Crippen molar-refractivity contribution in [1.82, 2.24) is 14.5 Å². The second kappa shape index (κ2) is 7.75. The molecule has 0 spiro atoms. The Morgan fingerprint density at radius 2 is 1.61 bits per heavy atom. The van der Waals surface area contributed by atoms with Crippen molar-refractivity contribution in [3.8, 4) is 28.6 Å². The van der Waals surface area contributed by atoms with E-state index in [9.17, 15) is 5.26 Å². The van der Waals surface area contributed by atoms with E-state index in [0.29, 0.717) is 0 Å². The topological polar surface area (TPSA) is 63.7 Å². The molecule has 5 aromatic rings. The van der Waals surface area contributed by atoms with Gasteiger partial charge in [-0.2, -0.15) is 5.26 Å². The van der Waals surface area contributed by atoms with E-state index in [4.69, 9.17) is 9.72 Å². The molecule has 5 rings (SSSR count). The third kappa shape index (κ3) is 3.50. The molecule has 0 aliphatic heterocycles. The molecule has 2 aromatic heterocycles. The van der Waals surface area contributed by atoms with Gasteiger partial charge in [-0.1, -0.05) is 30.3 Å². The zero-order chi connectivity index (χ0) is 23.2. The minimum atomic E-state index is -0.533. The van der Waals surface area contributed by atoms with Gasteiger partial charge in [0.2, 0.25) is 0 Å². The number of hydrogen-bond donors (Lipinski definition) is 0. The van der Waals surface area contributed by atoms with E-state index in [1.165, 1.54) is 0 Å². The molecule has 5 heteroatoms. The Labute approximate surface area is 192 Å². The average Bonchev–Trinajstić information content (AvgIpc) is 3.20. The molecule has 0 aliphatic carbocycles. The minimum absolute atomic E-state index is 0.533. The van der Waals surface area contributed by atoms with Gasteiger partial charge in [-0.25, -0.2) is 4.98 Å². The van der Waals surface area contributed by atoms with Crippen LogP contribution in [0.2, 0.25) is 0 Å². The van der Waals surface area contributed by atoms with Gasteiger partial charge in [-0.15, -0.1) is 0 Å². The molecule has 0 aliphatic rings. The maximum Gasteiger partial charge on any atom is 0.118 e. The SMILES string of the molecule is COc1ccc(-c2ccc3ncc4nc(C)n(-c5ccc(C(C)(C)C#N)cc5)c4c3c2)cc1. The zero-order valence-corrected chi connectivity index (χ0v) is 19.1. The van der Waals surface area contributed by atoms with Crippen LogP contribution in [0.3, 0.4) is 0 Å². The molecule has 0 radical (unpaired) electrons. The molecule has 0 bridgehead atoms. The molecule has 5 nitrogen and oxygen atoms in total. The van der Waals surface area contributed by atoms with Crippen LogP contribution in [0.4, 0.5) is 0 Å². The van der Waals surface area contributed by atoms with Crippen molar-refractivity contribution >= 4 is 21.9 Å². The Hall–Kier alpha value is -4.17. The van der Waals surface area contributed by atoms with Crippen molar-refractivity contribution in [3.63, 3.8) is 0 Å². The summed E-state index contributed by atoms with van der Waals surface area (Å²) < 4.78 is 7.46. The molecule has 2 heterocycles. The summed E-state index contributed by atoms with van der Waals surface area (Å²) in [6.07, 6.45) is 1.83. The van der Waals surface area contributed by atoms with Crippen molar-refractivity contribution in [2.24, 2.45) is 0 Å². The fourth-order valence-corrected chi connectivity index (χ4v) is 4.24. The number of hydrogen-bond acceptors (Lipinski definition) is 4. The summed E-state index contributed by atoms with van der Waals surface area (Å²) in [4.78, 5) is 9.43. The van der Waals surface area contributed by atoms with E-state index in [1.54, 1.807) is 7.11 Å². The van der Waals surface area contributed by atoms with Crippen LogP contribution >= 0.6 is 0 Å². The van der Waals surface area contributed by atoms with Crippen molar-refractivity contribution < 1.29 is 4.74 Å². The summed E-state index contributed by atoms with van der Waals surface area (Å²) in [6, 6.07) is 24.9. The van der Waals surface area contributed by atoms with E-state index in [2.05, 4.69) is 58.1 Å². The number of nitrogens with zero attached hydrogens (tertiary/aromatic N) is 4. The van der Waals surface area contributed by atoms with E-state index in [-0.39, 0.29) is 0 Å². The highest BCUT2D eigenvalue weighted by molar-refractivity contribution is 6.04. The summed E-state index contributed by atoms with van der Waals surface area (Å²) >= 11 is 0. The predicted molar refractivity (Wildman–Crippen MR) is 132 cm³/mol. The summed E-state index contributed by atoms with van der Waals surface area (Å²) in [5.74, 6) is 1.72. The molecule has 0 N–H and O–H groups in total. The van der Waals surface area contributed by atoms with Gasteiger partial charge < -0.3 is 4.74 Å². The summed E-state index contributed by atoms with van der Waals surface area (Å²) in [7, 11) is 1.67. The lowest BCUT2D eigenvalue weighted by atomic mass is 9.86. The summed E-state index contributed by atoms with van der Waals surface area (Å²) in [5, 5.41) is 10.5. The zero-order valence-electron chi connectivity index (χ0n) is 19.1. The van der Waals surface area contributed by atoms with Gasteiger partial charge in [0.1, 0.15) is 17.1 Å². The number of aromatic nitrogens is 3. The first-order valence-corrected chi connectivity index (χ1v) is 10.9. The molecule has 0 unspecified atom stereocenters. The standard InChI is InChI=1S/C28H24N4O/c1-18-31-26-16-30-25-14-7-20(19-5-12-23(33-4)13-6-19)15-24(25)27(26)32(18)22-10-8-21(9-11-22)28(2,3)17-29/h5-16H,1-4H3. The number of pyridine rings is 1. The first kappa shape index (κ1) is 20.7. The molecule has 0 atom stereocenters. The number of nitriles is 1. The number of imidazole rings is 1. The van der Waals surface area contributed by atoms with E-state index in [0.717, 1.165) is 55.9 Å². The van der Waals surface area contributed by atoms with Gasteiger partial charge in [0.15, 0.2) is 0 Å². The van der Waals surface area contributed by atoms with Gasteiger partial charge in [0.05, 0.1) is 35.8 Å². The molecule has 0 saturated heterocycles. The molecule has 0 amide bonds. The largest absolute Gasteiger partial charge is 0.497 e. The van der Waals surface area contributed by atoms with Gasteiger partial charge in [0.25, 0.3) is 0 Å². The Morgan fingerprint density at radius 1 is 0.909 bits per heavy atom. The normalized spacial score (nSPS) is 11.6.